The Labute approximate surface area is 111 Å². The smallest absolute Gasteiger partial charge is 0.145 e. The van der Waals surface area contributed by atoms with Gasteiger partial charge < -0.3 is 20.2 Å². The molecule has 1 aromatic heterocycles. The number of hydrazine groups is 1. The summed E-state index contributed by atoms with van der Waals surface area (Å²) in [7, 11) is 3.23. The first-order valence-electron chi connectivity index (χ1n) is 5.68. The van der Waals surface area contributed by atoms with Gasteiger partial charge in [-0.3, -0.25) is 0 Å². The predicted octanol–water partition coefficient (Wildman–Crippen LogP) is 2.13. The molecule has 0 spiro atoms. The Morgan fingerprint density at radius 2 is 1.95 bits per heavy atom. The predicted molar refractivity (Wildman–Crippen MR) is 74.9 cm³/mol. The fourth-order valence-corrected chi connectivity index (χ4v) is 1.64. The van der Waals surface area contributed by atoms with E-state index in [1.807, 2.05) is 24.3 Å². The van der Waals surface area contributed by atoms with Gasteiger partial charge in [-0.15, -0.1) is 0 Å². The van der Waals surface area contributed by atoms with Crippen molar-refractivity contribution in [2.24, 2.45) is 5.84 Å². The third-order valence-corrected chi connectivity index (χ3v) is 2.60. The highest BCUT2D eigenvalue weighted by atomic mass is 16.5. The maximum Gasteiger partial charge on any atom is 0.145 e. The van der Waals surface area contributed by atoms with E-state index in [0.717, 1.165) is 17.1 Å². The molecule has 2 rings (SSSR count). The van der Waals surface area contributed by atoms with Crippen LogP contribution < -0.4 is 26.1 Å². The van der Waals surface area contributed by atoms with Crippen molar-refractivity contribution in [1.82, 2.24) is 4.98 Å². The number of hydrogen-bond donors (Lipinski definition) is 3. The number of pyridine rings is 1. The van der Waals surface area contributed by atoms with Crippen molar-refractivity contribution in [3.63, 3.8) is 0 Å². The Morgan fingerprint density at radius 1 is 1.11 bits per heavy atom. The number of nitrogens with zero attached hydrogens (tertiary/aromatic N) is 1. The highest BCUT2D eigenvalue weighted by Gasteiger charge is 2.05. The van der Waals surface area contributed by atoms with Crippen LogP contribution in [0.25, 0.3) is 0 Å². The van der Waals surface area contributed by atoms with Crippen LogP contribution in [0.5, 0.6) is 11.5 Å². The Balaban J connectivity index is 2.26. The van der Waals surface area contributed by atoms with Gasteiger partial charge in [-0.05, 0) is 18.2 Å². The molecule has 0 fully saturated rings. The molecule has 0 aliphatic rings. The Hall–Kier alpha value is -2.47. The largest absolute Gasteiger partial charge is 0.497 e. The summed E-state index contributed by atoms with van der Waals surface area (Å²) in [6.45, 7) is 0. The lowest BCUT2D eigenvalue weighted by Gasteiger charge is -2.13. The fraction of sp³-hybridized carbons (Fsp3) is 0.154. The number of nitrogen functional groups attached to an aromatic ring is 1. The molecule has 0 unspecified atom stereocenters. The molecule has 0 atom stereocenters. The lowest BCUT2D eigenvalue weighted by molar-refractivity contribution is 0.395. The Kier molecular flexibility index (Phi) is 4.04. The monoisotopic (exact) mass is 260 g/mol. The number of nitrogens with one attached hydrogen (secondary N) is 2. The summed E-state index contributed by atoms with van der Waals surface area (Å²) in [4.78, 5) is 4.04. The maximum atomic E-state index is 5.32. The summed E-state index contributed by atoms with van der Waals surface area (Å²) in [6.07, 6.45) is 1.66. The molecule has 100 valence electrons. The van der Waals surface area contributed by atoms with Gasteiger partial charge in [0.2, 0.25) is 0 Å². The molecule has 6 heteroatoms. The quantitative estimate of drug-likeness (QED) is 0.564. The number of anilines is 3. The molecule has 1 aromatic carbocycles. The van der Waals surface area contributed by atoms with Gasteiger partial charge in [0.15, 0.2) is 0 Å². The molecule has 0 saturated heterocycles. The van der Waals surface area contributed by atoms with Crippen LogP contribution in [0.1, 0.15) is 0 Å². The molecule has 6 nitrogen and oxygen atoms in total. The van der Waals surface area contributed by atoms with Gasteiger partial charge in [0.25, 0.3) is 0 Å². The molecule has 0 bridgehead atoms. The van der Waals surface area contributed by atoms with Crippen molar-refractivity contribution >= 4 is 17.2 Å². The highest BCUT2D eigenvalue weighted by Crippen LogP contribution is 2.31. The van der Waals surface area contributed by atoms with Crippen molar-refractivity contribution in [2.75, 3.05) is 25.0 Å². The molecule has 0 amide bonds. The van der Waals surface area contributed by atoms with E-state index in [1.54, 1.807) is 26.5 Å². The minimum Gasteiger partial charge on any atom is -0.497 e. The van der Waals surface area contributed by atoms with E-state index in [4.69, 9.17) is 15.3 Å². The summed E-state index contributed by atoms with van der Waals surface area (Å²) >= 11 is 0. The number of hydrogen-bond acceptors (Lipinski definition) is 6. The number of aromatic nitrogens is 1. The zero-order valence-corrected chi connectivity index (χ0v) is 10.8. The normalized spacial score (nSPS) is 9.84. The summed E-state index contributed by atoms with van der Waals surface area (Å²) in [5, 5.41) is 3.23. The van der Waals surface area contributed by atoms with E-state index >= 15 is 0 Å². The first kappa shape index (κ1) is 13.0. The van der Waals surface area contributed by atoms with Gasteiger partial charge in [0.05, 0.1) is 19.9 Å². The molecular formula is C13H16N4O2. The average Bonchev–Trinajstić information content (AvgIpc) is 2.48. The van der Waals surface area contributed by atoms with Crippen molar-refractivity contribution < 1.29 is 9.47 Å². The van der Waals surface area contributed by atoms with Crippen molar-refractivity contribution in [3.05, 3.63) is 36.5 Å². The van der Waals surface area contributed by atoms with E-state index in [0.29, 0.717) is 11.6 Å². The SMILES string of the molecule is COc1ccc(Nc2ccnc(NN)c2)c(OC)c1. The van der Waals surface area contributed by atoms with E-state index in [2.05, 4.69) is 15.7 Å². The molecule has 4 N–H and O–H groups in total. The number of rotatable bonds is 5. The molecule has 0 radical (unpaired) electrons. The lowest BCUT2D eigenvalue weighted by atomic mass is 10.2. The van der Waals surface area contributed by atoms with Crippen molar-refractivity contribution in [2.45, 2.75) is 0 Å². The van der Waals surface area contributed by atoms with E-state index < -0.39 is 0 Å². The molecule has 19 heavy (non-hydrogen) atoms. The minimum atomic E-state index is 0.581. The summed E-state index contributed by atoms with van der Waals surface area (Å²) in [6, 6.07) is 9.18. The first-order chi connectivity index (χ1) is 9.26. The second-order valence-electron chi connectivity index (χ2n) is 3.77. The van der Waals surface area contributed by atoms with E-state index in [-0.39, 0.29) is 0 Å². The fourth-order valence-electron chi connectivity index (χ4n) is 1.64. The first-order valence-corrected chi connectivity index (χ1v) is 5.68. The van der Waals surface area contributed by atoms with E-state index in [1.165, 1.54) is 0 Å². The summed E-state index contributed by atoms with van der Waals surface area (Å²) in [5.41, 5.74) is 4.18. The molecule has 1 heterocycles. The third-order valence-electron chi connectivity index (χ3n) is 2.60. The van der Waals surface area contributed by atoms with Crippen LogP contribution in [0.15, 0.2) is 36.5 Å². The van der Waals surface area contributed by atoms with Crippen LogP contribution in [-0.2, 0) is 0 Å². The molecule has 2 aromatic rings. The van der Waals surface area contributed by atoms with Gasteiger partial charge in [0, 0.05) is 24.0 Å². The molecule has 0 aliphatic carbocycles. The third kappa shape index (κ3) is 3.05. The Bertz CT molecular complexity index is 560. The van der Waals surface area contributed by atoms with E-state index in [9.17, 15) is 0 Å². The number of methoxy groups -OCH3 is 2. The highest BCUT2D eigenvalue weighted by molar-refractivity contribution is 5.68. The number of ether oxygens (including phenoxy) is 2. The zero-order valence-electron chi connectivity index (χ0n) is 10.8. The van der Waals surface area contributed by atoms with Gasteiger partial charge in [-0.1, -0.05) is 0 Å². The molecular weight excluding hydrogens is 244 g/mol. The standard InChI is InChI=1S/C13H16N4O2/c1-18-10-3-4-11(12(8-10)19-2)16-9-5-6-15-13(7-9)17-14/h3-8H,14H2,1-2H3,(H2,15,16,17). The van der Waals surface area contributed by atoms with Crippen LogP contribution in [0.3, 0.4) is 0 Å². The van der Waals surface area contributed by atoms with Gasteiger partial charge >= 0.3 is 0 Å². The lowest BCUT2D eigenvalue weighted by Crippen LogP contribution is -2.08. The van der Waals surface area contributed by atoms with Crippen LogP contribution in [0, 0.1) is 0 Å². The summed E-state index contributed by atoms with van der Waals surface area (Å²) in [5.74, 6) is 7.34. The van der Waals surface area contributed by atoms with Crippen LogP contribution >= 0.6 is 0 Å². The van der Waals surface area contributed by atoms with Crippen LogP contribution in [0.4, 0.5) is 17.2 Å². The molecule has 0 aliphatic heterocycles. The zero-order chi connectivity index (χ0) is 13.7. The topological polar surface area (TPSA) is 81.4 Å². The second kappa shape index (κ2) is 5.92. The van der Waals surface area contributed by atoms with Crippen molar-refractivity contribution in [1.29, 1.82) is 0 Å². The van der Waals surface area contributed by atoms with Gasteiger partial charge in [-0.2, -0.15) is 0 Å². The Morgan fingerprint density at radius 3 is 2.63 bits per heavy atom. The van der Waals surface area contributed by atoms with Crippen LogP contribution in [-0.4, -0.2) is 19.2 Å². The van der Waals surface area contributed by atoms with Gasteiger partial charge in [-0.25, -0.2) is 10.8 Å². The molecule has 0 saturated carbocycles. The van der Waals surface area contributed by atoms with Gasteiger partial charge in [0.1, 0.15) is 17.3 Å². The van der Waals surface area contributed by atoms with Crippen LogP contribution in [0.2, 0.25) is 0 Å². The number of benzene rings is 1. The average molecular weight is 260 g/mol. The second-order valence-corrected chi connectivity index (χ2v) is 3.77. The minimum absolute atomic E-state index is 0.581. The summed E-state index contributed by atoms with van der Waals surface area (Å²) < 4.78 is 10.5. The number of nitrogens with two attached hydrogens (primary N) is 1. The maximum absolute atomic E-state index is 5.32. The van der Waals surface area contributed by atoms with Crippen molar-refractivity contribution in [3.8, 4) is 11.5 Å².